The van der Waals surface area contributed by atoms with Crippen LogP contribution in [0.1, 0.15) is 13.8 Å². The van der Waals surface area contributed by atoms with E-state index in [-0.39, 0.29) is 5.57 Å². The van der Waals surface area contributed by atoms with Crippen molar-refractivity contribution in [2.45, 2.75) is 67.6 Å². The molecule has 0 spiro atoms. The first-order valence-corrected chi connectivity index (χ1v) is 7.62. The molecule has 204 valence electrons. The summed E-state index contributed by atoms with van der Waals surface area (Å²) in [6.45, 7) is 4.14. The molecule has 0 aromatic rings. The van der Waals surface area contributed by atoms with Crippen LogP contribution in [0.2, 0.25) is 0 Å². The van der Waals surface area contributed by atoms with Gasteiger partial charge in [-0.2, -0.15) is 74.6 Å². The van der Waals surface area contributed by atoms with Crippen LogP contribution in [0.25, 0.3) is 0 Å². The van der Waals surface area contributed by atoms with Gasteiger partial charge >= 0.3 is 53.6 Å². The lowest BCUT2D eigenvalue weighted by molar-refractivity contribution is -0.463. The molecule has 0 fully saturated rings. The van der Waals surface area contributed by atoms with E-state index in [0.29, 0.717) is 0 Å². The molecule has 0 amide bonds. The molecule has 1 atom stereocenters. The Hall–Kier alpha value is -2.02. The van der Waals surface area contributed by atoms with Crippen molar-refractivity contribution in [2.75, 3.05) is 0 Å². The zero-order valence-corrected chi connectivity index (χ0v) is 16.0. The number of aliphatic carboxylic acids is 1. The van der Waals surface area contributed by atoms with E-state index in [1.54, 1.807) is 0 Å². The molecule has 20 heteroatoms. The first-order chi connectivity index (χ1) is 14.3. The molecule has 0 aliphatic rings. The van der Waals surface area contributed by atoms with Crippen molar-refractivity contribution < 1.29 is 89.6 Å². The lowest BCUT2D eigenvalue weighted by Gasteiger charge is -2.43. The molecule has 3 nitrogen and oxygen atoms in total. The fraction of sp³-hybridized carbons (Fsp3) is 0.786. The molecule has 0 aromatic carbocycles. The van der Waals surface area contributed by atoms with E-state index in [4.69, 9.17) is 10.2 Å². The zero-order chi connectivity index (χ0) is 28.7. The molecule has 0 aliphatic heterocycles. The standard InChI is InChI=1S/C10H5F17O.C4H6O2/c1-2(28)3(11,12)4(13,14)5(15,16)6(17,18)7(19,20)8(21,22)9(23,24)10(25,26)27;1-3(2)4(5)6/h2,28H,1H3;1H2,2H3,(H,5,6). The first kappa shape index (κ1) is 34.1. The van der Waals surface area contributed by atoms with Crippen molar-refractivity contribution in [1.29, 1.82) is 0 Å². The number of carboxylic acids is 1. The van der Waals surface area contributed by atoms with Gasteiger partial charge in [0.25, 0.3) is 0 Å². The maximum atomic E-state index is 13.1. The second-order valence-corrected chi connectivity index (χ2v) is 6.33. The van der Waals surface area contributed by atoms with Gasteiger partial charge in [-0.3, -0.25) is 0 Å². The molecule has 0 saturated heterocycles. The van der Waals surface area contributed by atoms with Crippen molar-refractivity contribution in [1.82, 2.24) is 0 Å². The summed E-state index contributed by atoms with van der Waals surface area (Å²) in [5.41, 5.74) is 0.176. The Kier molecular flexibility index (Phi) is 9.25. The van der Waals surface area contributed by atoms with Crippen molar-refractivity contribution in [3.8, 4) is 0 Å². The largest absolute Gasteiger partial charge is 0.478 e. The Bertz CT molecular complexity index is 739. The van der Waals surface area contributed by atoms with Crippen LogP contribution in [0.3, 0.4) is 0 Å². The van der Waals surface area contributed by atoms with Crippen LogP contribution in [0.5, 0.6) is 0 Å². The predicted molar refractivity (Wildman–Crippen MR) is 74.8 cm³/mol. The normalized spacial score (nSPS) is 15.9. The maximum Gasteiger partial charge on any atom is 0.460 e. The summed E-state index contributed by atoms with van der Waals surface area (Å²) in [6.07, 6.45) is -11.8. The molecule has 34 heavy (non-hydrogen) atoms. The van der Waals surface area contributed by atoms with Crippen LogP contribution in [-0.4, -0.2) is 69.9 Å². The van der Waals surface area contributed by atoms with Gasteiger partial charge in [-0.25, -0.2) is 4.79 Å². The number of alkyl halides is 17. The Morgan fingerprint density at radius 1 is 0.618 bits per heavy atom. The zero-order valence-electron chi connectivity index (χ0n) is 16.0. The summed E-state index contributed by atoms with van der Waals surface area (Å²) in [6, 6.07) is 0. The number of carbonyl (C=O) groups is 1. The highest BCUT2D eigenvalue weighted by molar-refractivity contribution is 5.84. The van der Waals surface area contributed by atoms with Crippen molar-refractivity contribution in [2.24, 2.45) is 0 Å². The fourth-order valence-electron chi connectivity index (χ4n) is 1.44. The van der Waals surface area contributed by atoms with Crippen LogP contribution in [0, 0.1) is 0 Å². The number of halogens is 17. The topological polar surface area (TPSA) is 57.5 Å². The molecule has 0 rings (SSSR count). The number of aliphatic hydroxyl groups excluding tert-OH is 1. The molecule has 0 aliphatic carbocycles. The highest BCUT2D eigenvalue weighted by atomic mass is 19.4. The van der Waals surface area contributed by atoms with Crippen LogP contribution in [-0.2, 0) is 4.79 Å². The number of rotatable bonds is 8. The van der Waals surface area contributed by atoms with Crippen LogP contribution >= 0.6 is 0 Å². The van der Waals surface area contributed by atoms with Gasteiger partial charge in [0.2, 0.25) is 0 Å². The predicted octanol–water partition coefficient (Wildman–Crippen LogP) is 6.02. The summed E-state index contributed by atoms with van der Waals surface area (Å²) in [7, 11) is 0. The van der Waals surface area contributed by atoms with E-state index < -0.39 is 66.6 Å². The van der Waals surface area contributed by atoms with Gasteiger partial charge in [-0.15, -0.1) is 0 Å². The lowest BCUT2D eigenvalue weighted by Crippen LogP contribution is -2.75. The summed E-state index contributed by atoms with van der Waals surface area (Å²) < 4.78 is 216. The average Bonchev–Trinajstić information content (AvgIpc) is 2.59. The van der Waals surface area contributed by atoms with Crippen molar-refractivity contribution in [3.05, 3.63) is 12.2 Å². The third-order valence-electron chi connectivity index (χ3n) is 3.64. The van der Waals surface area contributed by atoms with E-state index in [2.05, 4.69) is 6.58 Å². The SMILES string of the molecule is C=C(C)C(=O)O.CC(O)C(F)(F)C(F)(F)C(F)(F)C(F)(F)C(F)(F)C(F)(F)C(F)(F)C(F)(F)F. The van der Waals surface area contributed by atoms with Gasteiger partial charge in [-0.1, -0.05) is 6.58 Å². The van der Waals surface area contributed by atoms with Gasteiger partial charge in [0, 0.05) is 5.57 Å². The summed E-state index contributed by atoms with van der Waals surface area (Å²) in [5.74, 6) is -57.8. The molecule has 0 bridgehead atoms. The van der Waals surface area contributed by atoms with E-state index in [9.17, 15) is 79.4 Å². The van der Waals surface area contributed by atoms with Crippen LogP contribution < -0.4 is 0 Å². The van der Waals surface area contributed by atoms with Crippen molar-refractivity contribution >= 4 is 5.97 Å². The second kappa shape index (κ2) is 9.21. The molecule has 2 N–H and O–H groups in total. The molecule has 0 heterocycles. The third kappa shape index (κ3) is 5.00. The minimum atomic E-state index is -8.65. The van der Waals surface area contributed by atoms with Gasteiger partial charge in [-0.05, 0) is 13.8 Å². The highest BCUT2D eigenvalue weighted by Crippen LogP contribution is 2.64. The molecule has 1 unspecified atom stereocenters. The molecule has 0 aromatic heterocycles. The minimum Gasteiger partial charge on any atom is -0.478 e. The lowest BCUT2D eigenvalue weighted by atomic mass is 9.88. The smallest absolute Gasteiger partial charge is 0.460 e. The van der Waals surface area contributed by atoms with Gasteiger partial charge in [0.05, 0.1) is 0 Å². The van der Waals surface area contributed by atoms with Crippen LogP contribution in [0.4, 0.5) is 74.6 Å². The maximum absolute atomic E-state index is 13.1. The average molecular weight is 550 g/mol. The highest BCUT2D eigenvalue weighted by Gasteiger charge is 2.95. The number of hydrogen-bond acceptors (Lipinski definition) is 2. The molecular formula is C14H11F17O3. The number of carboxylic acid groups (broad SMARTS) is 1. The first-order valence-electron chi connectivity index (χ1n) is 7.62. The summed E-state index contributed by atoms with van der Waals surface area (Å²) in [5, 5.41) is 16.1. The Morgan fingerprint density at radius 3 is 1.00 bits per heavy atom. The van der Waals surface area contributed by atoms with E-state index in [1.807, 2.05) is 0 Å². The van der Waals surface area contributed by atoms with Crippen molar-refractivity contribution in [3.63, 3.8) is 0 Å². The Labute approximate surface area is 176 Å². The minimum absolute atomic E-state index is 0.176. The Balaban J connectivity index is 0. The Morgan fingerprint density at radius 2 is 0.824 bits per heavy atom. The second-order valence-electron chi connectivity index (χ2n) is 6.33. The van der Waals surface area contributed by atoms with Gasteiger partial charge in [0.15, 0.2) is 0 Å². The van der Waals surface area contributed by atoms with E-state index in [1.165, 1.54) is 6.92 Å². The number of hydrogen-bond donors (Lipinski definition) is 2. The monoisotopic (exact) mass is 550 g/mol. The molecule has 0 saturated carbocycles. The molecule has 0 radical (unpaired) electrons. The molecular weight excluding hydrogens is 539 g/mol. The van der Waals surface area contributed by atoms with E-state index in [0.717, 1.165) is 0 Å². The number of aliphatic hydroxyl groups is 1. The van der Waals surface area contributed by atoms with E-state index >= 15 is 0 Å². The summed E-state index contributed by atoms with van der Waals surface area (Å²) >= 11 is 0. The van der Waals surface area contributed by atoms with Crippen LogP contribution in [0.15, 0.2) is 12.2 Å². The summed E-state index contributed by atoms with van der Waals surface area (Å²) in [4.78, 5) is 9.60. The van der Waals surface area contributed by atoms with Gasteiger partial charge < -0.3 is 10.2 Å². The fourth-order valence-corrected chi connectivity index (χ4v) is 1.44. The quantitative estimate of drug-likeness (QED) is 0.287. The van der Waals surface area contributed by atoms with Gasteiger partial charge in [0.1, 0.15) is 6.10 Å². The third-order valence-corrected chi connectivity index (χ3v) is 3.64.